The molecule has 0 amide bonds. The summed E-state index contributed by atoms with van der Waals surface area (Å²) in [5, 5.41) is 4.21. The fourth-order valence-corrected chi connectivity index (χ4v) is 4.53. The van der Waals surface area contributed by atoms with Gasteiger partial charge in [-0.25, -0.2) is 0 Å². The molecule has 5 heteroatoms. The van der Waals surface area contributed by atoms with Gasteiger partial charge >= 0.3 is 0 Å². The monoisotopic (exact) mass is 323 g/mol. The van der Waals surface area contributed by atoms with Crippen molar-refractivity contribution in [3.05, 3.63) is 0 Å². The van der Waals surface area contributed by atoms with Gasteiger partial charge in [0.15, 0.2) is 0 Å². The van der Waals surface area contributed by atoms with Crippen LogP contribution in [0.2, 0.25) is 0 Å². The second-order valence-corrected chi connectivity index (χ2v) is 7.52. The van der Waals surface area contributed by atoms with Crippen LogP contribution in [0.5, 0.6) is 0 Å². The van der Waals surface area contributed by atoms with E-state index in [1.165, 1.54) is 37.8 Å². The third-order valence-electron chi connectivity index (χ3n) is 5.75. The average Bonchev–Trinajstić information content (AvgIpc) is 3.04. The van der Waals surface area contributed by atoms with Gasteiger partial charge in [0.1, 0.15) is 6.10 Å². The average molecular weight is 323 g/mol. The van der Waals surface area contributed by atoms with Crippen LogP contribution in [0, 0.1) is 0 Å². The van der Waals surface area contributed by atoms with Crippen LogP contribution in [0.4, 0.5) is 0 Å². The van der Waals surface area contributed by atoms with Crippen LogP contribution < -0.4 is 0 Å². The molecule has 1 saturated carbocycles. The minimum absolute atomic E-state index is 0.250. The van der Waals surface area contributed by atoms with Crippen LogP contribution in [0.3, 0.4) is 0 Å². The molecule has 3 rings (SSSR count). The summed E-state index contributed by atoms with van der Waals surface area (Å²) in [5.41, 5.74) is 1.56. The Kier molecular flexibility index (Phi) is 5.94. The lowest BCUT2D eigenvalue weighted by Gasteiger charge is -2.49. The predicted molar refractivity (Wildman–Crippen MR) is 92.9 cm³/mol. The van der Waals surface area contributed by atoms with Crippen LogP contribution in [0.15, 0.2) is 5.16 Å². The molecule has 3 aliphatic rings. The maximum absolute atomic E-state index is 5.61. The first-order valence-electron chi connectivity index (χ1n) is 9.45. The van der Waals surface area contributed by atoms with Gasteiger partial charge in [-0.1, -0.05) is 31.3 Å². The molecule has 1 aliphatic carbocycles. The van der Waals surface area contributed by atoms with E-state index in [0.29, 0.717) is 5.54 Å². The third-order valence-corrected chi connectivity index (χ3v) is 5.75. The van der Waals surface area contributed by atoms with Gasteiger partial charge in [-0.3, -0.25) is 4.90 Å². The molecule has 5 nitrogen and oxygen atoms in total. The molecule has 0 N–H and O–H groups in total. The molecule has 2 fully saturated rings. The van der Waals surface area contributed by atoms with Crippen LogP contribution in [0.1, 0.15) is 51.9 Å². The van der Waals surface area contributed by atoms with Gasteiger partial charge in [0.25, 0.3) is 0 Å². The van der Waals surface area contributed by atoms with Gasteiger partial charge in [0.2, 0.25) is 0 Å². The van der Waals surface area contributed by atoms with Crippen molar-refractivity contribution in [2.75, 3.05) is 46.4 Å². The maximum atomic E-state index is 5.61. The first kappa shape index (κ1) is 17.2. The Labute approximate surface area is 141 Å². The van der Waals surface area contributed by atoms with Crippen molar-refractivity contribution in [1.29, 1.82) is 0 Å². The number of nitrogens with zero attached hydrogens (tertiary/aromatic N) is 3. The highest BCUT2D eigenvalue weighted by Gasteiger charge is 2.39. The number of ether oxygens (including phenoxy) is 1. The summed E-state index contributed by atoms with van der Waals surface area (Å²) in [6.45, 7) is 8.26. The number of morpholine rings is 1. The van der Waals surface area contributed by atoms with Crippen molar-refractivity contribution < 1.29 is 9.57 Å². The van der Waals surface area contributed by atoms with Gasteiger partial charge < -0.3 is 14.5 Å². The van der Waals surface area contributed by atoms with Gasteiger partial charge in [-0.05, 0) is 26.3 Å². The van der Waals surface area contributed by atoms with Crippen LogP contribution in [-0.2, 0) is 9.57 Å². The molecule has 0 aromatic heterocycles. The van der Waals surface area contributed by atoms with Crippen molar-refractivity contribution in [3.63, 3.8) is 0 Å². The molecule has 0 radical (unpaired) electrons. The molecular formula is C18H33N3O2. The van der Waals surface area contributed by atoms with Gasteiger partial charge in [0, 0.05) is 38.1 Å². The van der Waals surface area contributed by atoms with Crippen LogP contribution in [0.25, 0.3) is 0 Å². The number of rotatable bonds is 6. The molecule has 1 unspecified atom stereocenters. The Balaban J connectivity index is 1.57. The summed E-state index contributed by atoms with van der Waals surface area (Å²) < 4.78 is 5.58. The summed E-state index contributed by atoms with van der Waals surface area (Å²) in [5.74, 6) is 0. The molecule has 0 spiro atoms. The van der Waals surface area contributed by atoms with E-state index in [4.69, 9.17) is 9.57 Å². The Morgan fingerprint density at radius 2 is 1.96 bits per heavy atom. The Bertz CT molecular complexity index is 401. The van der Waals surface area contributed by atoms with E-state index in [1.807, 2.05) is 0 Å². The smallest absolute Gasteiger partial charge is 0.145 e. The molecule has 23 heavy (non-hydrogen) atoms. The highest BCUT2D eigenvalue weighted by Crippen LogP contribution is 2.35. The van der Waals surface area contributed by atoms with E-state index in [9.17, 15) is 0 Å². The second-order valence-electron chi connectivity index (χ2n) is 7.52. The molecule has 0 aromatic rings. The largest absolute Gasteiger partial charge is 0.391 e. The molecule has 1 saturated heterocycles. The molecule has 1 atom stereocenters. The number of oxime groups is 1. The summed E-state index contributed by atoms with van der Waals surface area (Å²) in [7, 11) is 2.25. The van der Waals surface area contributed by atoms with E-state index in [-0.39, 0.29) is 6.10 Å². The first-order chi connectivity index (χ1) is 11.2. The molecule has 0 aromatic carbocycles. The lowest BCUT2D eigenvalue weighted by atomic mass is 9.79. The lowest BCUT2D eigenvalue weighted by molar-refractivity contribution is -0.0528. The highest BCUT2D eigenvalue weighted by molar-refractivity contribution is 5.85. The fourth-order valence-electron chi connectivity index (χ4n) is 4.53. The summed E-state index contributed by atoms with van der Waals surface area (Å²) in [6, 6.07) is 0. The van der Waals surface area contributed by atoms with Gasteiger partial charge in [-0.15, -0.1) is 0 Å². The van der Waals surface area contributed by atoms with E-state index >= 15 is 0 Å². The number of hydrogen-bond donors (Lipinski definition) is 0. The Hall–Kier alpha value is -0.650. The molecule has 2 heterocycles. The minimum Gasteiger partial charge on any atom is -0.391 e. The van der Waals surface area contributed by atoms with Crippen molar-refractivity contribution in [1.82, 2.24) is 9.80 Å². The number of likely N-dealkylation sites (N-methyl/N-ethyl adjacent to an activating group) is 1. The standard InChI is InChI=1S/C18H33N3O2/c1-3-16-13-17(23-19-16)14-20(2)15-18(7-5-4-6-8-18)21-9-11-22-12-10-21/h17H,3-15H2,1-2H3. The zero-order valence-corrected chi connectivity index (χ0v) is 14.9. The van der Waals surface area contributed by atoms with E-state index < -0.39 is 0 Å². The van der Waals surface area contributed by atoms with Gasteiger partial charge in [-0.2, -0.15) is 0 Å². The second kappa shape index (κ2) is 7.95. The lowest BCUT2D eigenvalue weighted by Crippen LogP contribution is -2.59. The SMILES string of the molecule is CCC1=NOC(CN(C)CC2(N3CCOCC3)CCCCC2)C1. The van der Waals surface area contributed by atoms with Crippen LogP contribution >= 0.6 is 0 Å². The zero-order valence-electron chi connectivity index (χ0n) is 14.9. The zero-order chi connectivity index (χ0) is 16.1. The minimum atomic E-state index is 0.250. The van der Waals surface area contributed by atoms with E-state index in [1.54, 1.807) is 0 Å². The van der Waals surface area contributed by atoms with Crippen LogP contribution in [-0.4, -0.2) is 73.6 Å². The summed E-state index contributed by atoms with van der Waals surface area (Å²) in [6.07, 6.45) is 9.07. The van der Waals surface area contributed by atoms with Crippen molar-refractivity contribution >= 4 is 5.71 Å². The predicted octanol–water partition coefficient (Wildman–Crippen LogP) is 2.51. The number of hydrogen-bond acceptors (Lipinski definition) is 5. The Morgan fingerprint density at radius 1 is 1.22 bits per heavy atom. The summed E-state index contributed by atoms with van der Waals surface area (Å²) >= 11 is 0. The first-order valence-corrected chi connectivity index (χ1v) is 9.45. The van der Waals surface area contributed by atoms with E-state index in [2.05, 4.69) is 28.9 Å². The van der Waals surface area contributed by atoms with Gasteiger partial charge in [0.05, 0.1) is 18.9 Å². The molecule has 0 bridgehead atoms. The molecule has 2 aliphatic heterocycles. The normalized spacial score (nSPS) is 28.7. The quantitative estimate of drug-likeness (QED) is 0.753. The summed E-state index contributed by atoms with van der Waals surface area (Å²) in [4.78, 5) is 10.8. The maximum Gasteiger partial charge on any atom is 0.145 e. The molecule has 132 valence electrons. The van der Waals surface area contributed by atoms with Crippen molar-refractivity contribution in [2.45, 2.75) is 63.5 Å². The van der Waals surface area contributed by atoms with Crippen molar-refractivity contribution in [3.8, 4) is 0 Å². The van der Waals surface area contributed by atoms with Crippen molar-refractivity contribution in [2.24, 2.45) is 5.16 Å². The third kappa shape index (κ3) is 4.25. The fraction of sp³-hybridized carbons (Fsp3) is 0.944. The Morgan fingerprint density at radius 3 is 2.61 bits per heavy atom. The molecular weight excluding hydrogens is 290 g/mol. The van der Waals surface area contributed by atoms with E-state index in [0.717, 1.165) is 52.2 Å². The highest BCUT2D eigenvalue weighted by atomic mass is 16.6. The topological polar surface area (TPSA) is 37.3 Å².